The van der Waals surface area contributed by atoms with Crippen molar-refractivity contribution in [2.75, 3.05) is 156 Å². The summed E-state index contributed by atoms with van der Waals surface area (Å²) in [6.45, 7) is 4.43. The first-order chi connectivity index (χ1) is 48.5. The Labute approximate surface area is 607 Å². The third-order valence-electron chi connectivity index (χ3n) is 13.3. The summed E-state index contributed by atoms with van der Waals surface area (Å²) in [7, 11) is 0. The molecule has 12 amide bonds. The van der Waals surface area contributed by atoms with E-state index in [1.165, 1.54) is 0 Å². The molecule has 0 fully saturated rings. The first kappa shape index (κ1) is 91.7. The van der Waals surface area contributed by atoms with Crippen molar-refractivity contribution < 1.29 is 105 Å². The number of aliphatic carboxylic acids is 1. The number of carbonyl (C=O) groups excluding carboxylic acids is 12. The van der Waals surface area contributed by atoms with E-state index in [0.29, 0.717) is 78.0 Å². The number of thiol groups is 4. The molecule has 38 nitrogen and oxygen atoms in total. The zero-order chi connectivity index (χ0) is 75.0. The van der Waals surface area contributed by atoms with E-state index in [1.807, 2.05) is 0 Å². The highest BCUT2D eigenvalue weighted by Gasteiger charge is 2.33. The topological polar surface area (TPSA) is 551 Å². The summed E-state index contributed by atoms with van der Waals surface area (Å²) >= 11 is 16.3. The second kappa shape index (κ2) is 58.2. The van der Waals surface area contributed by atoms with Crippen LogP contribution in [0.3, 0.4) is 0 Å². The number of nitrogens with one attached hydrogen (secondary N) is 12. The molecule has 1 rings (SSSR count). The molecule has 0 aromatic heterocycles. The highest BCUT2D eigenvalue weighted by atomic mass is 32.1. The van der Waals surface area contributed by atoms with Gasteiger partial charge in [0.2, 0.25) is 65.0 Å². The zero-order valence-corrected chi connectivity index (χ0v) is 59.9. The van der Waals surface area contributed by atoms with E-state index in [9.17, 15) is 67.4 Å². The minimum absolute atomic E-state index is 0.00163. The van der Waals surface area contributed by atoms with Crippen LogP contribution in [0.25, 0.3) is 0 Å². The summed E-state index contributed by atoms with van der Waals surface area (Å²) in [6, 6.07) is -1.46. The van der Waals surface area contributed by atoms with E-state index >= 15 is 0 Å². The van der Waals surface area contributed by atoms with Crippen molar-refractivity contribution >= 4 is 133 Å². The van der Waals surface area contributed by atoms with Gasteiger partial charge < -0.3 is 114 Å². The molecular formula is C59H100N16O22S4. The van der Waals surface area contributed by atoms with Crippen LogP contribution < -0.4 is 81.2 Å². The molecule has 7 atom stereocenters. The van der Waals surface area contributed by atoms with Crippen LogP contribution in [-0.4, -0.2) is 285 Å². The number of nitrogens with zero attached hydrogens (tertiary/aromatic N) is 1. The van der Waals surface area contributed by atoms with Gasteiger partial charge in [-0.2, -0.15) is 37.9 Å². The number of rotatable bonds is 60. The molecule has 2 unspecified atom stereocenters. The van der Waals surface area contributed by atoms with Gasteiger partial charge in [-0.05, 0) is 44.6 Å². The summed E-state index contributed by atoms with van der Waals surface area (Å²) in [6.07, 6.45) is -0.619. The molecule has 0 heterocycles. The first-order valence-corrected chi connectivity index (χ1v) is 34.5. The van der Waals surface area contributed by atoms with Gasteiger partial charge >= 0.3 is 5.97 Å². The van der Waals surface area contributed by atoms with E-state index in [4.69, 9.17) is 50.5 Å². The minimum Gasteiger partial charge on any atom is -0.481 e. The van der Waals surface area contributed by atoms with Crippen molar-refractivity contribution in [2.45, 2.75) is 94.2 Å². The van der Waals surface area contributed by atoms with Gasteiger partial charge in [-0.1, -0.05) is 43.0 Å². The number of ether oxygens (including phenoxy) is 7. The molecule has 42 heteroatoms. The number of carbonyl (C=O) groups is 13. The molecule has 0 bridgehead atoms. The number of carboxylic acid groups (broad SMARTS) is 1. The Morgan fingerprint density at radius 1 is 0.446 bits per heavy atom. The molecule has 1 aromatic rings. The van der Waals surface area contributed by atoms with Gasteiger partial charge in [-0.3, -0.25) is 72.2 Å². The molecule has 0 spiro atoms. The molecule has 1 aromatic carbocycles. The van der Waals surface area contributed by atoms with E-state index in [2.05, 4.69) is 124 Å². The lowest BCUT2D eigenvalue weighted by Gasteiger charge is -2.26. The van der Waals surface area contributed by atoms with Crippen molar-refractivity contribution in [3.8, 4) is 0 Å². The third kappa shape index (κ3) is 46.7. The normalized spacial score (nSPS) is 13.0. The fourth-order valence-electron chi connectivity index (χ4n) is 8.30. The first-order valence-electron chi connectivity index (χ1n) is 32.1. The quantitative estimate of drug-likeness (QED) is 0.00948. The van der Waals surface area contributed by atoms with Gasteiger partial charge in [-0.25, -0.2) is 5.90 Å². The monoisotopic (exact) mass is 1510 g/mol. The van der Waals surface area contributed by atoms with Gasteiger partial charge in [0, 0.05) is 63.0 Å². The van der Waals surface area contributed by atoms with Crippen LogP contribution in [0.1, 0.15) is 51.0 Å². The number of hydrogen-bond acceptors (Lipinski definition) is 26. The summed E-state index contributed by atoms with van der Waals surface area (Å²) in [5, 5.41) is 38.5. The molecular weight excluding hydrogens is 1410 g/mol. The third-order valence-corrected chi connectivity index (χ3v) is 14.5. The van der Waals surface area contributed by atoms with Crippen molar-refractivity contribution in [1.82, 2.24) is 63.8 Å². The lowest BCUT2D eigenvalue weighted by atomic mass is 10.0. The smallest absolute Gasteiger partial charge is 0.305 e. The van der Waals surface area contributed by atoms with Gasteiger partial charge in [-0.15, -0.1) is 0 Å². The molecule has 0 radical (unpaired) electrons. The van der Waals surface area contributed by atoms with Crippen LogP contribution >= 0.6 is 50.5 Å². The van der Waals surface area contributed by atoms with Gasteiger partial charge in [0.25, 0.3) is 5.24 Å². The van der Waals surface area contributed by atoms with Crippen LogP contribution in [0.5, 0.6) is 0 Å². The number of amides is 12. The second-order valence-electron chi connectivity index (χ2n) is 21.3. The fraction of sp³-hybridized carbons (Fsp3) is 0.661. The zero-order valence-electron chi connectivity index (χ0n) is 56.3. The van der Waals surface area contributed by atoms with Crippen molar-refractivity contribution in [2.24, 2.45) is 22.4 Å². The average molecular weight is 1510 g/mol. The molecule has 19 N–H and O–H groups in total. The average Bonchev–Trinajstić information content (AvgIpc) is 0.870. The summed E-state index contributed by atoms with van der Waals surface area (Å²) < 4.78 is 37.4. The number of aliphatic imine (C=N–C) groups is 1. The number of carboxylic acids is 1. The van der Waals surface area contributed by atoms with Gasteiger partial charge in [0.1, 0.15) is 62.1 Å². The highest BCUT2D eigenvalue weighted by Crippen LogP contribution is 2.09. The van der Waals surface area contributed by atoms with E-state index in [-0.39, 0.29) is 108 Å². The predicted molar refractivity (Wildman–Crippen MR) is 377 cm³/mol. The van der Waals surface area contributed by atoms with Crippen LogP contribution in [0.15, 0.2) is 35.3 Å². The van der Waals surface area contributed by atoms with E-state index in [1.54, 1.807) is 37.3 Å². The number of guanidine groups is 1. The lowest BCUT2D eigenvalue weighted by Crippen LogP contribution is -2.60. The Kier molecular flexibility index (Phi) is 52.8. The van der Waals surface area contributed by atoms with Crippen molar-refractivity contribution in [3.05, 3.63) is 35.9 Å². The summed E-state index contributed by atoms with van der Waals surface area (Å²) in [5.41, 5.74) is 11.5. The van der Waals surface area contributed by atoms with Crippen LogP contribution in [0.4, 0.5) is 4.79 Å². The largest absolute Gasteiger partial charge is 0.481 e. The van der Waals surface area contributed by atoms with Crippen molar-refractivity contribution in [1.29, 1.82) is 0 Å². The molecule has 0 saturated heterocycles. The second-order valence-corrected chi connectivity index (χ2v) is 22.8. The fourth-order valence-corrected chi connectivity index (χ4v) is 9.23. The Hall–Kier alpha value is -7.36. The van der Waals surface area contributed by atoms with Crippen LogP contribution in [0.2, 0.25) is 0 Å². The van der Waals surface area contributed by atoms with Crippen molar-refractivity contribution in [3.63, 3.8) is 0 Å². The number of hydrogen-bond donors (Lipinski definition) is 20. The molecule has 572 valence electrons. The minimum atomic E-state index is -1.85. The lowest BCUT2D eigenvalue weighted by molar-refractivity contribution is -0.141. The maximum atomic E-state index is 13.8. The van der Waals surface area contributed by atoms with E-state index in [0.717, 1.165) is 0 Å². The molecule has 0 aliphatic heterocycles. The van der Waals surface area contributed by atoms with E-state index < -0.39 is 145 Å². The molecule has 0 aliphatic carbocycles. The predicted octanol–water partition coefficient (Wildman–Crippen LogP) is -6.76. The SMILES string of the molecule is CCOCCNC(=O)C(CS)NC(=O)[C@H](Cc1ccccc1)NC(=O)[C@H](CS)NC(=O)[C@H](CC(=O)O)NC(=O)CNC(=O)[C@H](CCCN=C(N)N)NC(=O)C(CS)NC(=O)[C@H](CCCCNC(=O)COCC(=O)NCCOCCOCCOCCOCCOCCNC(=O)CON)NC(=O)S. The number of nitrogens with two attached hydrogens (primary N) is 3. The molecule has 0 aliphatic rings. The number of benzene rings is 1. The maximum Gasteiger partial charge on any atom is 0.305 e. The maximum absolute atomic E-state index is 13.8. The van der Waals surface area contributed by atoms with Gasteiger partial charge in [0.05, 0.1) is 85.6 Å². The molecule has 0 saturated carbocycles. The Morgan fingerprint density at radius 2 is 0.861 bits per heavy atom. The summed E-state index contributed by atoms with van der Waals surface area (Å²) in [5.74, 6) is -6.53. The standard InChI is InChI=1S/C59H100N16O22S4/c1-2-90-18-17-66-52(83)43(35-98)72-54(85)41(29-38-9-4-3-5-10-38)71-57(88)45(37-100)74-55(86)42(30-50(80)81)69-46(76)31-68-51(82)39(12-8-14-67-58(60)61)70-56(87)44(36-99)73-53(84)40(75-59(89)101)11-6-7-13-63-47(77)32-96-33-48(78)64-15-19-91-21-23-93-25-27-95-28-26-94-24-22-92-20-16-65-49(79)34-97-62/h3-5,9-10,39-45,98-100H,2,6-8,11-37,62H2,1H3,(H,63,77)(H,64,78)(H,65,79)(H,66,83)(H,68,82)(H,69,76)(H,70,87)(H,71,88)(H,72,85)(H,73,84)(H,74,86)(H,80,81)(H4,60,61,67)(H2,75,89,101)/t39-,40-,41-,42-,43?,44?,45-/m0/s1. The Morgan fingerprint density at radius 3 is 1.36 bits per heavy atom. The van der Waals surface area contributed by atoms with Crippen LogP contribution in [0, 0.1) is 0 Å². The summed E-state index contributed by atoms with van der Waals surface area (Å²) in [4.78, 5) is 176. The Balaban J connectivity index is 2.72. The molecule has 101 heavy (non-hydrogen) atoms. The Bertz CT molecular complexity index is 2700. The highest BCUT2D eigenvalue weighted by molar-refractivity contribution is 7.96. The van der Waals surface area contributed by atoms with Gasteiger partial charge in [0.15, 0.2) is 5.96 Å². The van der Waals surface area contributed by atoms with Crippen LogP contribution in [-0.2, 0) is 102 Å². The number of unbranched alkanes of at least 4 members (excludes halogenated alkanes) is 1.